The van der Waals surface area contributed by atoms with Gasteiger partial charge in [0, 0.05) is 30.5 Å². The predicted octanol–water partition coefficient (Wildman–Crippen LogP) is 2.57. The molecule has 1 aliphatic rings. The van der Waals surface area contributed by atoms with Gasteiger partial charge in [0.2, 0.25) is 0 Å². The molecule has 2 rings (SSSR count). The Morgan fingerprint density at radius 1 is 1.53 bits per heavy atom. The van der Waals surface area contributed by atoms with Gasteiger partial charge >= 0.3 is 0 Å². The maximum Gasteiger partial charge on any atom is 0.271 e. The fourth-order valence-corrected chi connectivity index (χ4v) is 2.00. The third kappa shape index (κ3) is 2.94. The molecule has 5 nitrogen and oxygen atoms in total. The molecule has 17 heavy (non-hydrogen) atoms. The van der Waals surface area contributed by atoms with Crippen molar-refractivity contribution in [1.82, 2.24) is 0 Å². The highest BCUT2D eigenvalue weighted by atomic mass is 16.6. The number of hydrogen-bond donors (Lipinski definition) is 1. The van der Waals surface area contributed by atoms with Crippen molar-refractivity contribution < 1.29 is 9.66 Å². The van der Waals surface area contributed by atoms with Crippen LogP contribution in [0.2, 0.25) is 0 Å². The normalized spacial score (nSPS) is 22.9. The first kappa shape index (κ1) is 11.9. The Morgan fingerprint density at radius 2 is 2.29 bits per heavy atom. The number of nitro groups is 1. The SMILES string of the molecule is CCOC1CC(Nc2cccc([N+](=O)[O-])c2)C1. The van der Waals surface area contributed by atoms with Gasteiger partial charge in [-0.25, -0.2) is 0 Å². The molecular weight excluding hydrogens is 220 g/mol. The van der Waals surface area contributed by atoms with Gasteiger partial charge in [-0.1, -0.05) is 6.07 Å². The van der Waals surface area contributed by atoms with E-state index in [0.29, 0.717) is 12.1 Å². The van der Waals surface area contributed by atoms with Gasteiger partial charge < -0.3 is 10.1 Å². The quantitative estimate of drug-likeness (QED) is 0.630. The lowest BCUT2D eigenvalue weighted by atomic mass is 9.89. The highest BCUT2D eigenvalue weighted by Crippen LogP contribution is 2.27. The van der Waals surface area contributed by atoms with E-state index in [1.54, 1.807) is 12.1 Å². The van der Waals surface area contributed by atoms with Crippen LogP contribution in [0.4, 0.5) is 11.4 Å². The molecule has 92 valence electrons. The van der Waals surface area contributed by atoms with Crippen LogP contribution in [0.5, 0.6) is 0 Å². The van der Waals surface area contributed by atoms with E-state index >= 15 is 0 Å². The molecule has 0 unspecified atom stereocenters. The molecule has 1 aromatic rings. The predicted molar refractivity (Wildman–Crippen MR) is 65.2 cm³/mol. The fraction of sp³-hybridized carbons (Fsp3) is 0.500. The second-order valence-corrected chi connectivity index (χ2v) is 4.20. The van der Waals surface area contributed by atoms with Crippen molar-refractivity contribution in [2.75, 3.05) is 11.9 Å². The Kier molecular flexibility index (Phi) is 3.58. The summed E-state index contributed by atoms with van der Waals surface area (Å²) in [5.41, 5.74) is 0.926. The van der Waals surface area contributed by atoms with Crippen LogP contribution < -0.4 is 5.32 Å². The van der Waals surface area contributed by atoms with Crippen molar-refractivity contribution in [2.24, 2.45) is 0 Å². The molecule has 0 aromatic heterocycles. The van der Waals surface area contributed by atoms with E-state index in [9.17, 15) is 10.1 Å². The molecule has 0 bridgehead atoms. The number of non-ortho nitro benzene ring substituents is 1. The summed E-state index contributed by atoms with van der Waals surface area (Å²) in [7, 11) is 0. The van der Waals surface area contributed by atoms with Crippen LogP contribution >= 0.6 is 0 Å². The van der Waals surface area contributed by atoms with Gasteiger partial charge in [0.15, 0.2) is 0 Å². The van der Waals surface area contributed by atoms with Crippen molar-refractivity contribution in [3.05, 3.63) is 34.4 Å². The summed E-state index contributed by atoms with van der Waals surface area (Å²) in [6.07, 6.45) is 2.28. The van der Waals surface area contributed by atoms with E-state index < -0.39 is 0 Å². The molecule has 1 aromatic carbocycles. The van der Waals surface area contributed by atoms with Gasteiger partial charge in [0.1, 0.15) is 0 Å². The zero-order valence-corrected chi connectivity index (χ0v) is 9.76. The molecule has 0 aliphatic heterocycles. The highest BCUT2D eigenvalue weighted by molar-refractivity contribution is 5.51. The minimum absolute atomic E-state index is 0.121. The molecule has 0 radical (unpaired) electrons. The van der Waals surface area contributed by atoms with Crippen LogP contribution in [0.25, 0.3) is 0 Å². The third-order valence-electron chi connectivity index (χ3n) is 2.92. The van der Waals surface area contributed by atoms with E-state index in [2.05, 4.69) is 5.32 Å². The van der Waals surface area contributed by atoms with E-state index in [-0.39, 0.29) is 10.6 Å². The second kappa shape index (κ2) is 5.14. The molecule has 5 heteroatoms. The van der Waals surface area contributed by atoms with Crippen molar-refractivity contribution in [1.29, 1.82) is 0 Å². The van der Waals surface area contributed by atoms with Gasteiger partial charge in [-0.05, 0) is 25.8 Å². The van der Waals surface area contributed by atoms with Gasteiger partial charge in [0.25, 0.3) is 5.69 Å². The first-order chi connectivity index (χ1) is 8.19. The van der Waals surface area contributed by atoms with Gasteiger partial charge in [-0.2, -0.15) is 0 Å². The fourth-order valence-electron chi connectivity index (χ4n) is 2.00. The minimum atomic E-state index is -0.380. The molecule has 1 saturated carbocycles. The van der Waals surface area contributed by atoms with Crippen LogP contribution in [-0.4, -0.2) is 23.7 Å². The molecule has 0 atom stereocenters. The average molecular weight is 236 g/mol. The smallest absolute Gasteiger partial charge is 0.271 e. The maximum absolute atomic E-state index is 10.6. The molecule has 1 N–H and O–H groups in total. The molecular formula is C12H16N2O3. The summed E-state index contributed by atoms with van der Waals surface area (Å²) >= 11 is 0. The molecule has 0 saturated heterocycles. The standard InChI is InChI=1S/C12H16N2O3/c1-2-17-12-7-10(8-12)13-9-4-3-5-11(6-9)14(15)16/h3-6,10,12-13H,2,7-8H2,1H3. The van der Waals surface area contributed by atoms with Crippen LogP contribution in [0.3, 0.4) is 0 Å². The van der Waals surface area contributed by atoms with Crippen molar-refractivity contribution in [3.63, 3.8) is 0 Å². The lowest BCUT2D eigenvalue weighted by molar-refractivity contribution is -0.384. The van der Waals surface area contributed by atoms with Gasteiger partial charge in [0.05, 0.1) is 11.0 Å². The molecule has 1 fully saturated rings. The summed E-state index contributed by atoms with van der Waals surface area (Å²) in [5, 5.41) is 13.9. The molecule has 0 amide bonds. The Hall–Kier alpha value is -1.62. The van der Waals surface area contributed by atoms with Crippen LogP contribution in [-0.2, 0) is 4.74 Å². The topological polar surface area (TPSA) is 64.4 Å². The largest absolute Gasteiger partial charge is 0.382 e. The maximum atomic E-state index is 10.6. The second-order valence-electron chi connectivity index (χ2n) is 4.20. The Labute approximate surface area is 99.9 Å². The number of nitro benzene ring substituents is 1. The van der Waals surface area contributed by atoms with E-state index in [0.717, 1.165) is 25.1 Å². The Bertz CT molecular complexity index is 402. The monoisotopic (exact) mass is 236 g/mol. The van der Waals surface area contributed by atoms with Crippen molar-refractivity contribution in [3.8, 4) is 0 Å². The van der Waals surface area contributed by atoms with Crippen LogP contribution in [0.1, 0.15) is 19.8 Å². The highest BCUT2D eigenvalue weighted by Gasteiger charge is 2.29. The molecule has 1 aliphatic carbocycles. The zero-order chi connectivity index (χ0) is 12.3. The Balaban J connectivity index is 1.88. The first-order valence-corrected chi connectivity index (χ1v) is 5.81. The summed E-state index contributed by atoms with van der Waals surface area (Å²) < 4.78 is 5.46. The summed E-state index contributed by atoms with van der Waals surface area (Å²) in [4.78, 5) is 10.2. The number of benzene rings is 1. The third-order valence-corrected chi connectivity index (χ3v) is 2.92. The van der Waals surface area contributed by atoms with Gasteiger partial charge in [-0.15, -0.1) is 0 Å². The first-order valence-electron chi connectivity index (χ1n) is 5.81. The summed E-state index contributed by atoms with van der Waals surface area (Å²) in [6.45, 7) is 2.73. The van der Waals surface area contributed by atoms with Gasteiger partial charge in [-0.3, -0.25) is 10.1 Å². The number of anilines is 1. The lowest BCUT2D eigenvalue weighted by Crippen LogP contribution is -2.40. The van der Waals surface area contributed by atoms with Crippen LogP contribution in [0.15, 0.2) is 24.3 Å². The number of nitrogens with one attached hydrogen (secondary N) is 1. The number of nitrogens with zero attached hydrogens (tertiary/aromatic N) is 1. The van der Waals surface area contributed by atoms with E-state index in [4.69, 9.17) is 4.74 Å². The average Bonchev–Trinajstić information content (AvgIpc) is 2.27. The van der Waals surface area contributed by atoms with Crippen molar-refractivity contribution in [2.45, 2.75) is 31.9 Å². The number of hydrogen-bond acceptors (Lipinski definition) is 4. The number of rotatable bonds is 5. The summed E-state index contributed by atoms with van der Waals surface area (Å²) in [5.74, 6) is 0. The van der Waals surface area contributed by atoms with E-state index in [1.165, 1.54) is 6.07 Å². The summed E-state index contributed by atoms with van der Waals surface area (Å²) in [6, 6.07) is 6.97. The van der Waals surface area contributed by atoms with E-state index in [1.807, 2.05) is 13.0 Å². The lowest BCUT2D eigenvalue weighted by Gasteiger charge is -2.35. The minimum Gasteiger partial charge on any atom is -0.382 e. The Morgan fingerprint density at radius 3 is 2.94 bits per heavy atom. The van der Waals surface area contributed by atoms with Crippen molar-refractivity contribution >= 4 is 11.4 Å². The zero-order valence-electron chi connectivity index (χ0n) is 9.76. The molecule has 0 heterocycles. The van der Waals surface area contributed by atoms with Crippen LogP contribution in [0, 0.1) is 10.1 Å². The number of ether oxygens (including phenoxy) is 1. The molecule has 0 spiro atoms.